The Hall–Kier alpha value is -0.440. The Morgan fingerprint density at radius 1 is 1.21 bits per heavy atom. The normalized spacial score (nSPS) is 16.5. The van der Waals surface area contributed by atoms with Crippen LogP contribution < -0.4 is 10.5 Å². The third-order valence-electron chi connectivity index (χ3n) is 3.60. The molecule has 0 heterocycles. The second-order valence-electron chi connectivity index (χ2n) is 5.62. The zero-order valence-corrected chi connectivity index (χ0v) is 13.2. The van der Waals surface area contributed by atoms with Gasteiger partial charge in [0.15, 0.2) is 0 Å². The van der Waals surface area contributed by atoms with Gasteiger partial charge in [0.2, 0.25) is 0 Å². The Bertz CT molecular complexity index is 482. The molecule has 0 aromatic heterocycles. The van der Waals surface area contributed by atoms with Crippen molar-refractivity contribution in [2.24, 2.45) is 11.7 Å². The number of hydrogen-bond donors (Lipinski definition) is 1. The topological polar surface area (TPSA) is 35.2 Å². The van der Waals surface area contributed by atoms with E-state index in [1.165, 1.54) is 12.8 Å². The van der Waals surface area contributed by atoms with Crippen LogP contribution in [0.2, 0.25) is 10.0 Å². The summed E-state index contributed by atoms with van der Waals surface area (Å²) in [7, 11) is 0. The molecule has 0 aliphatic heterocycles. The Morgan fingerprint density at radius 2 is 1.84 bits per heavy atom. The molecule has 1 aliphatic rings. The summed E-state index contributed by atoms with van der Waals surface area (Å²) < 4.78 is 5.96. The fourth-order valence-corrected chi connectivity index (χ4v) is 2.71. The summed E-state index contributed by atoms with van der Waals surface area (Å²) in [5.74, 6) is 1.47. The van der Waals surface area contributed by atoms with Crippen LogP contribution in [0.25, 0.3) is 0 Å². The SMILES string of the molecule is Cc1c(Cl)c(C)c(CC(C)N)c(OCC2CC2)c1Cl. The highest BCUT2D eigenvalue weighted by Crippen LogP contribution is 2.41. The van der Waals surface area contributed by atoms with Gasteiger partial charge in [-0.15, -0.1) is 0 Å². The standard InChI is InChI=1S/C15H21Cl2NO/c1-8(18)6-12-9(2)13(16)10(3)14(17)15(12)19-7-11-4-5-11/h8,11H,4-7,18H2,1-3H3. The van der Waals surface area contributed by atoms with Gasteiger partial charge >= 0.3 is 0 Å². The molecular weight excluding hydrogens is 281 g/mol. The van der Waals surface area contributed by atoms with E-state index in [0.29, 0.717) is 10.9 Å². The van der Waals surface area contributed by atoms with Crippen LogP contribution in [-0.4, -0.2) is 12.6 Å². The van der Waals surface area contributed by atoms with Gasteiger partial charge in [0.05, 0.1) is 11.6 Å². The number of halogens is 2. The lowest BCUT2D eigenvalue weighted by Crippen LogP contribution is -2.19. The maximum atomic E-state index is 6.41. The van der Waals surface area contributed by atoms with Crippen molar-refractivity contribution in [3.8, 4) is 5.75 Å². The molecular formula is C15H21Cl2NO. The molecule has 2 nitrogen and oxygen atoms in total. The summed E-state index contributed by atoms with van der Waals surface area (Å²) in [5, 5.41) is 1.35. The summed E-state index contributed by atoms with van der Waals surface area (Å²) in [5.41, 5.74) is 8.90. The summed E-state index contributed by atoms with van der Waals surface area (Å²) in [4.78, 5) is 0. The van der Waals surface area contributed by atoms with Crippen molar-refractivity contribution in [2.75, 3.05) is 6.61 Å². The first-order valence-corrected chi connectivity index (χ1v) is 7.52. The third-order valence-corrected chi connectivity index (χ3v) is 4.62. The molecule has 0 bridgehead atoms. The average molecular weight is 302 g/mol. The molecule has 1 unspecified atom stereocenters. The zero-order chi connectivity index (χ0) is 14.2. The van der Waals surface area contributed by atoms with Gasteiger partial charge in [-0.1, -0.05) is 23.2 Å². The van der Waals surface area contributed by atoms with Crippen molar-refractivity contribution < 1.29 is 4.74 Å². The first-order chi connectivity index (χ1) is 8.91. The molecule has 1 saturated carbocycles. The lowest BCUT2D eigenvalue weighted by molar-refractivity contribution is 0.296. The molecule has 1 fully saturated rings. The van der Waals surface area contributed by atoms with E-state index in [4.69, 9.17) is 33.7 Å². The molecule has 0 amide bonds. The van der Waals surface area contributed by atoms with Crippen molar-refractivity contribution in [1.82, 2.24) is 0 Å². The lowest BCUT2D eigenvalue weighted by Gasteiger charge is -2.20. The van der Waals surface area contributed by atoms with Gasteiger partial charge in [0.1, 0.15) is 5.75 Å². The molecule has 2 rings (SSSR count). The van der Waals surface area contributed by atoms with Gasteiger partial charge in [0.25, 0.3) is 0 Å². The summed E-state index contributed by atoms with van der Waals surface area (Å²) in [6, 6.07) is 0.0526. The minimum absolute atomic E-state index is 0.0526. The first-order valence-electron chi connectivity index (χ1n) is 6.77. The van der Waals surface area contributed by atoms with E-state index in [9.17, 15) is 0 Å². The second kappa shape index (κ2) is 5.90. The van der Waals surface area contributed by atoms with Crippen molar-refractivity contribution >= 4 is 23.2 Å². The number of hydrogen-bond acceptors (Lipinski definition) is 2. The summed E-state index contributed by atoms with van der Waals surface area (Å²) in [6.07, 6.45) is 3.24. The molecule has 1 aromatic rings. The molecule has 0 radical (unpaired) electrons. The maximum absolute atomic E-state index is 6.41. The Morgan fingerprint density at radius 3 is 2.37 bits per heavy atom. The predicted molar refractivity (Wildman–Crippen MR) is 81.5 cm³/mol. The van der Waals surface area contributed by atoms with Gasteiger partial charge in [-0.25, -0.2) is 0 Å². The van der Waals surface area contributed by atoms with Gasteiger partial charge in [0, 0.05) is 16.6 Å². The predicted octanol–water partition coefficient (Wildman–Crippen LogP) is 4.29. The molecule has 1 atom stereocenters. The molecule has 106 valence electrons. The Labute approximate surface area is 125 Å². The first kappa shape index (κ1) is 15.0. The van der Waals surface area contributed by atoms with Gasteiger partial charge in [-0.05, 0) is 57.1 Å². The van der Waals surface area contributed by atoms with Crippen LogP contribution in [-0.2, 0) is 6.42 Å². The highest BCUT2D eigenvalue weighted by molar-refractivity contribution is 6.37. The van der Waals surface area contributed by atoms with E-state index in [-0.39, 0.29) is 6.04 Å². The minimum Gasteiger partial charge on any atom is -0.491 e. The minimum atomic E-state index is 0.0526. The van der Waals surface area contributed by atoms with Gasteiger partial charge in [-0.2, -0.15) is 0 Å². The Kier molecular flexibility index (Phi) is 4.65. The van der Waals surface area contributed by atoms with Crippen molar-refractivity contribution in [3.05, 3.63) is 26.7 Å². The highest BCUT2D eigenvalue weighted by atomic mass is 35.5. The van der Waals surface area contributed by atoms with Crippen LogP contribution in [0.3, 0.4) is 0 Å². The Balaban J connectivity index is 2.39. The number of nitrogens with two attached hydrogens (primary N) is 1. The van der Waals surface area contributed by atoms with E-state index in [1.807, 2.05) is 20.8 Å². The van der Waals surface area contributed by atoms with E-state index in [1.54, 1.807) is 0 Å². The second-order valence-corrected chi connectivity index (χ2v) is 6.38. The number of benzene rings is 1. The molecule has 19 heavy (non-hydrogen) atoms. The average Bonchev–Trinajstić information content (AvgIpc) is 3.16. The molecule has 0 saturated heterocycles. The molecule has 0 spiro atoms. The summed E-state index contributed by atoms with van der Waals surface area (Å²) >= 11 is 12.8. The molecule has 1 aromatic carbocycles. The largest absolute Gasteiger partial charge is 0.491 e. The fraction of sp³-hybridized carbons (Fsp3) is 0.600. The smallest absolute Gasteiger partial charge is 0.141 e. The van der Waals surface area contributed by atoms with Crippen LogP contribution in [0, 0.1) is 19.8 Å². The van der Waals surface area contributed by atoms with Crippen molar-refractivity contribution in [2.45, 2.75) is 46.1 Å². The van der Waals surface area contributed by atoms with E-state index < -0.39 is 0 Å². The zero-order valence-electron chi connectivity index (χ0n) is 11.7. The van der Waals surface area contributed by atoms with E-state index in [2.05, 4.69) is 0 Å². The van der Waals surface area contributed by atoms with Crippen molar-refractivity contribution in [3.63, 3.8) is 0 Å². The highest BCUT2D eigenvalue weighted by Gasteiger charge is 2.25. The summed E-state index contributed by atoms with van der Waals surface area (Å²) in [6.45, 7) is 6.66. The molecule has 1 aliphatic carbocycles. The van der Waals surface area contributed by atoms with Crippen LogP contribution >= 0.6 is 23.2 Å². The van der Waals surface area contributed by atoms with Crippen molar-refractivity contribution in [1.29, 1.82) is 0 Å². The number of ether oxygens (including phenoxy) is 1. The van der Waals surface area contributed by atoms with Crippen LogP contribution in [0.1, 0.15) is 36.5 Å². The third kappa shape index (κ3) is 3.36. The quantitative estimate of drug-likeness (QED) is 0.880. The van der Waals surface area contributed by atoms with Crippen LogP contribution in [0.5, 0.6) is 5.75 Å². The van der Waals surface area contributed by atoms with Gasteiger partial charge < -0.3 is 10.5 Å². The molecule has 4 heteroatoms. The lowest BCUT2D eigenvalue weighted by atomic mass is 9.98. The molecule has 2 N–H and O–H groups in total. The fourth-order valence-electron chi connectivity index (χ4n) is 2.19. The van der Waals surface area contributed by atoms with E-state index in [0.717, 1.165) is 40.5 Å². The number of rotatable bonds is 5. The maximum Gasteiger partial charge on any atom is 0.141 e. The monoisotopic (exact) mass is 301 g/mol. The van der Waals surface area contributed by atoms with E-state index >= 15 is 0 Å². The van der Waals surface area contributed by atoms with Crippen LogP contribution in [0.15, 0.2) is 0 Å². The van der Waals surface area contributed by atoms with Gasteiger partial charge in [-0.3, -0.25) is 0 Å². The van der Waals surface area contributed by atoms with Crippen LogP contribution in [0.4, 0.5) is 0 Å².